The molecule has 1 aromatic heterocycles. The van der Waals surface area contributed by atoms with Crippen LogP contribution in [0.25, 0.3) is 0 Å². The van der Waals surface area contributed by atoms with E-state index in [1.807, 2.05) is 0 Å². The van der Waals surface area contributed by atoms with E-state index in [1.54, 1.807) is 12.1 Å². The summed E-state index contributed by atoms with van der Waals surface area (Å²) in [7, 11) is 0. The first-order valence-corrected chi connectivity index (χ1v) is 9.60. The molecule has 1 aromatic rings. The Kier molecular flexibility index (Phi) is 6.20. The Morgan fingerprint density at radius 3 is 2.92 bits per heavy atom. The summed E-state index contributed by atoms with van der Waals surface area (Å²) in [5.41, 5.74) is 0. The number of carbonyl (C=O) groups is 3. The molecule has 9 heteroatoms. The zero-order valence-corrected chi connectivity index (χ0v) is 15.3. The molecule has 3 atom stereocenters. The van der Waals surface area contributed by atoms with Crippen LogP contribution in [0, 0.1) is 0 Å². The zero-order chi connectivity index (χ0) is 18.5. The monoisotopic (exact) mass is 382 g/mol. The van der Waals surface area contributed by atoms with Gasteiger partial charge in [0.1, 0.15) is 17.2 Å². The van der Waals surface area contributed by atoms with Gasteiger partial charge in [-0.15, -0.1) is 11.8 Å². The highest BCUT2D eigenvalue weighted by molar-refractivity contribution is 7.99. The maximum atomic E-state index is 12.4. The third-order valence-corrected chi connectivity index (χ3v) is 5.60. The van der Waals surface area contributed by atoms with Crippen molar-refractivity contribution >= 4 is 29.5 Å². The molecular weight excluding hydrogens is 360 g/mol. The minimum Gasteiger partial charge on any atom is -0.466 e. The number of esters is 1. The Balaban J connectivity index is 1.50. The van der Waals surface area contributed by atoms with Gasteiger partial charge in [-0.3, -0.25) is 9.59 Å². The fraction of sp³-hybridized carbons (Fsp3) is 0.588. The summed E-state index contributed by atoms with van der Waals surface area (Å²) in [5.74, 6) is -0.220. The highest BCUT2D eigenvalue weighted by atomic mass is 32.2. The number of amides is 2. The lowest BCUT2D eigenvalue weighted by atomic mass is 10.2. The molecule has 26 heavy (non-hydrogen) atoms. The van der Waals surface area contributed by atoms with Crippen molar-refractivity contribution in [2.24, 2.45) is 0 Å². The average molecular weight is 382 g/mol. The third kappa shape index (κ3) is 4.39. The van der Waals surface area contributed by atoms with Crippen molar-refractivity contribution in [2.75, 3.05) is 25.5 Å². The molecule has 8 nitrogen and oxygen atoms in total. The van der Waals surface area contributed by atoms with Crippen LogP contribution >= 0.6 is 11.8 Å². The first-order valence-electron chi connectivity index (χ1n) is 8.55. The van der Waals surface area contributed by atoms with E-state index >= 15 is 0 Å². The van der Waals surface area contributed by atoms with Crippen molar-refractivity contribution in [1.82, 2.24) is 10.2 Å². The van der Waals surface area contributed by atoms with Crippen LogP contribution in [-0.2, 0) is 23.9 Å². The van der Waals surface area contributed by atoms with E-state index in [9.17, 15) is 14.4 Å². The topological polar surface area (TPSA) is 98.1 Å². The normalized spacial score (nSPS) is 25.3. The van der Waals surface area contributed by atoms with Crippen molar-refractivity contribution in [3.8, 4) is 0 Å². The summed E-state index contributed by atoms with van der Waals surface area (Å²) < 4.78 is 15.9. The standard InChI is InChI=1S/C17H22N2O6S/c1-11(20)19-13(10-26-16(19)14-5-3-7-24-14)17(22)25-9-15(21)18-8-12-4-2-6-23-12/h3,5,7,12-13,16H,2,4,6,8-10H2,1H3,(H,18,21)/t12-,13-,16-/m0/s1. The summed E-state index contributed by atoms with van der Waals surface area (Å²) in [5, 5.41) is 2.33. The maximum Gasteiger partial charge on any atom is 0.330 e. The first kappa shape index (κ1) is 18.8. The van der Waals surface area contributed by atoms with Crippen molar-refractivity contribution < 1.29 is 28.3 Å². The van der Waals surface area contributed by atoms with E-state index in [4.69, 9.17) is 13.9 Å². The van der Waals surface area contributed by atoms with Gasteiger partial charge < -0.3 is 24.1 Å². The second kappa shape index (κ2) is 8.59. The second-order valence-electron chi connectivity index (χ2n) is 6.19. The fourth-order valence-electron chi connectivity index (χ4n) is 3.04. The van der Waals surface area contributed by atoms with E-state index in [2.05, 4.69) is 5.32 Å². The molecule has 0 saturated carbocycles. The SMILES string of the molecule is CC(=O)N1[C@H](C(=O)OCC(=O)NC[C@@H]2CCCO2)CS[C@H]1c1ccco1. The molecule has 2 fully saturated rings. The third-order valence-electron chi connectivity index (χ3n) is 4.32. The molecule has 0 unspecified atom stereocenters. The minimum absolute atomic E-state index is 0.0307. The Bertz CT molecular complexity index is 644. The Morgan fingerprint density at radius 1 is 1.42 bits per heavy atom. The Morgan fingerprint density at radius 2 is 2.27 bits per heavy atom. The molecular formula is C17H22N2O6S. The number of carbonyl (C=O) groups excluding carboxylic acids is 3. The van der Waals surface area contributed by atoms with E-state index in [0.29, 0.717) is 24.7 Å². The number of nitrogens with one attached hydrogen (secondary N) is 1. The number of nitrogens with zero attached hydrogens (tertiary/aromatic N) is 1. The number of ether oxygens (including phenoxy) is 2. The van der Waals surface area contributed by atoms with E-state index in [-0.39, 0.29) is 29.9 Å². The lowest BCUT2D eigenvalue weighted by Crippen LogP contribution is -2.44. The molecule has 3 heterocycles. The van der Waals surface area contributed by atoms with Crippen LogP contribution in [0.1, 0.15) is 30.9 Å². The van der Waals surface area contributed by atoms with Crippen molar-refractivity contribution in [2.45, 2.75) is 37.3 Å². The fourth-order valence-corrected chi connectivity index (χ4v) is 4.46. The van der Waals surface area contributed by atoms with Crippen LogP contribution in [0.4, 0.5) is 0 Å². The minimum atomic E-state index is -0.737. The van der Waals surface area contributed by atoms with Gasteiger partial charge in [0.05, 0.1) is 12.4 Å². The highest BCUT2D eigenvalue weighted by Gasteiger charge is 2.43. The van der Waals surface area contributed by atoms with Gasteiger partial charge >= 0.3 is 5.97 Å². The summed E-state index contributed by atoms with van der Waals surface area (Å²) >= 11 is 1.43. The van der Waals surface area contributed by atoms with Gasteiger partial charge in [0.2, 0.25) is 5.91 Å². The molecule has 0 radical (unpaired) electrons. The second-order valence-corrected chi connectivity index (χ2v) is 7.30. The van der Waals surface area contributed by atoms with Gasteiger partial charge in [0.25, 0.3) is 5.91 Å². The Labute approximate surface area is 155 Å². The van der Waals surface area contributed by atoms with Gasteiger partial charge in [-0.25, -0.2) is 4.79 Å². The number of hydrogen-bond donors (Lipinski definition) is 1. The number of thioether (sulfide) groups is 1. The van der Waals surface area contributed by atoms with Gasteiger partial charge in [0.15, 0.2) is 6.61 Å². The predicted octanol–water partition coefficient (Wildman–Crippen LogP) is 1.08. The van der Waals surface area contributed by atoms with Gasteiger partial charge in [-0.05, 0) is 25.0 Å². The number of rotatable bonds is 6. The maximum absolute atomic E-state index is 12.4. The van der Waals surface area contributed by atoms with Crippen LogP contribution in [0.15, 0.2) is 22.8 Å². The summed E-state index contributed by atoms with van der Waals surface area (Å²) in [4.78, 5) is 37.7. The molecule has 0 spiro atoms. The lowest BCUT2D eigenvalue weighted by Gasteiger charge is -2.25. The average Bonchev–Trinajstić information content (AvgIpc) is 3.37. The summed E-state index contributed by atoms with van der Waals surface area (Å²) in [6.07, 6.45) is 3.47. The van der Waals surface area contributed by atoms with Gasteiger partial charge in [0, 0.05) is 25.8 Å². The van der Waals surface area contributed by atoms with Crippen molar-refractivity contribution in [3.63, 3.8) is 0 Å². The van der Waals surface area contributed by atoms with Crippen LogP contribution in [0.2, 0.25) is 0 Å². The summed E-state index contributed by atoms with van der Waals surface area (Å²) in [6.45, 7) is 2.16. The van der Waals surface area contributed by atoms with Crippen LogP contribution in [0.3, 0.4) is 0 Å². The number of hydrogen-bond acceptors (Lipinski definition) is 7. The molecule has 0 aliphatic carbocycles. The smallest absolute Gasteiger partial charge is 0.330 e. The molecule has 2 saturated heterocycles. The molecule has 2 aliphatic heterocycles. The van der Waals surface area contributed by atoms with E-state index in [0.717, 1.165) is 12.8 Å². The molecule has 2 amide bonds. The van der Waals surface area contributed by atoms with Crippen molar-refractivity contribution in [1.29, 1.82) is 0 Å². The van der Waals surface area contributed by atoms with Crippen LogP contribution in [-0.4, -0.2) is 60.3 Å². The lowest BCUT2D eigenvalue weighted by molar-refractivity contribution is -0.156. The molecule has 2 aliphatic rings. The molecule has 1 N–H and O–H groups in total. The molecule has 3 rings (SSSR count). The quantitative estimate of drug-likeness (QED) is 0.735. The molecule has 0 bridgehead atoms. The van der Waals surface area contributed by atoms with E-state index in [1.165, 1.54) is 29.8 Å². The zero-order valence-electron chi connectivity index (χ0n) is 14.5. The highest BCUT2D eigenvalue weighted by Crippen LogP contribution is 2.41. The van der Waals surface area contributed by atoms with E-state index < -0.39 is 12.0 Å². The van der Waals surface area contributed by atoms with Crippen molar-refractivity contribution in [3.05, 3.63) is 24.2 Å². The van der Waals surface area contributed by atoms with Crippen LogP contribution in [0.5, 0.6) is 0 Å². The number of furan rings is 1. The largest absolute Gasteiger partial charge is 0.466 e. The van der Waals surface area contributed by atoms with Crippen LogP contribution < -0.4 is 5.32 Å². The predicted molar refractivity (Wildman–Crippen MR) is 93.2 cm³/mol. The van der Waals surface area contributed by atoms with Gasteiger partial charge in [-0.2, -0.15) is 0 Å². The summed E-state index contributed by atoms with van der Waals surface area (Å²) in [6, 6.07) is 2.76. The van der Waals surface area contributed by atoms with Gasteiger partial charge in [-0.1, -0.05) is 0 Å². The Hall–Kier alpha value is -2.00. The molecule has 142 valence electrons. The first-order chi connectivity index (χ1) is 12.6. The molecule has 0 aromatic carbocycles.